The molecule has 1 unspecified atom stereocenters. The molecule has 0 aliphatic heterocycles. The van der Waals surface area contributed by atoms with Crippen LogP contribution in [0.5, 0.6) is 5.75 Å². The summed E-state index contributed by atoms with van der Waals surface area (Å²) < 4.78 is 18.4. The Bertz CT molecular complexity index is 1160. The molecule has 0 fully saturated rings. The molecule has 2 N–H and O–H groups in total. The van der Waals surface area contributed by atoms with Crippen LogP contribution < -0.4 is 15.6 Å². The lowest BCUT2D eigenvalue weighted by Crippen LogP contribution is -2.29. The van der Waals surface area contributed by atoms with E-state index in [1.165, 1.54) is 12.1 Å². The highest BCUT2D eigenvalue weighted by Gasteiger charge is 2.21. The molecule has 0 saturated carbocycles. The Labute approximate surface area is 192 Å². The van der Waals surface area contributed by atoms with Gasteiger partial charge in [-0.3, -0.25) is 9.59 Å². The van der Waals surface area contributed by atoms with Gasteiger partial charge in [0.15, 0.2) is 0 Å². The minimum Gasteiger partial charge on any atom is -0.497 e. The van der Waals surface area contributed by atoms with Crippen molar-refractivity contribution < 1.29 is 13.9 Å². The largest absolute Gasteiger partial charge is 0.497 e. The number of aromatic amines is 1. The third-order valence-electron chi connectivity index (χ3n) is 6.20. The molecule has 7 heteroatoms. The summed E-state index contributed by atoms with van der Waals surface area (Å²) in [5.41, 5.74) is 3.16. The van der Waals surface area contributed by atoms with Gasteiger partial charge >= 0.3 is 0 Å². The minimum atomic E-state index is -0.329. The number of H-pyrrole nitrogens is 1. The average molecular weight is 450 g/mol. The van der Waals surface area contributed by atoms with Crippen LogP contribution in [0.1, 0.15) is 36.1 Å². The summed E-state index contributed by atoms with van der Waals surface area (Å²) in [6.07, 6.45) is 4.10. The summed E-state index contributed by atoms with van der Waals surface area (Å²) in [5, 5.41) is 3.05. The highest BCUT2D eigenvalue weighted by molar-refractivity contribution is 5.76. The van der Waals surface area contributed by atoms with Crippen LogP contribution in [0, 0.1) is 11.7 Å². The summed E-state index contributed by atoms with van der Waals surface area (Å²) in [6.45, 7) is 0.595. The molecule has 172 valence electrons. The second kappa shape index (κ2) is 10.4. The van der Waals surface area contributed by atoms with Gasteiger partial charge in [-0.2, -0.15) is 0 Å². The highest BCUT2D eigenvalue weighted by Crippen LogP contribution is 2.23. The van der Waals surface area contributed by atoms with Crippen molar-refractivity contribution in [2.45, 2.75) is 38.5 Å². The fourth-order valence-corrected chi connectivity index (χ4v) is 4.19. The van der Waals surface area contributed by atoms with Gasteiger partial charge in [0.05, 0.1) is 12.8 Å². The molecular formula is C26H28FN3O3. The number of carbonyl (C=O) groups is 1. The number of benzene rings is 2. The first-order valence-corrected chi connectivity index (χ1v) is 11.3. The van der Waals surface area contributed by atoms with Crippen LogP contribution in [0.2, 0.25) is 0 Å². The van der Waals surface area contributed by atoms with Gasteiger partial charge in [0.2, 0.25) is 5.91 Å². The molecule has 4 rings (SSSR count). The first kappa shape index (κ1) is 22.7. The van der Waals surface area contributed by atoms with E-state index in [4.69, 9.17) is 4.74 Å². The van der Waals surface area contributed by atoms with Crippen LogP contribution in [-0.4, -0.2) is 29.5 Å². The number of aryl methyl sites for hydroxylation is 2. The van der Waals surface area contributed by atoms with Gasteiger partial charge in [-0.15, -0.1) is 0 Å². The van der Waals surface area contributed by atoms with E-state index in [2.05, 4.69) is 15.3 Å². The topological polar surface area (TPSA) is 84.1 Å². The predicted molar refractivity (Wildman–Crippen MR) is 125 cm³/mol. The SMILES string of the molecule is COc1ccc(CCC(=O)NCC2CCc3nc(-c4ccc(F)cc4)[nH]c(=O)c3CC2)cc1. The summed E-state index contributed by atoms with van der Waals surface area (Å²) in [7, 11) is 1.63. The van der Waals surface area contributed by atoms with Crippen LogP contribution in [0.3, 0.4) is 0 Å². The highest BCUT2D eigenvalue weighted by atomic mass is 19.1. The van der Waals surface area contributed by atoms with Crippen molar-refractivity contribution in [3.8, 4) is 17.1 Å². The van der Waals surface area contributed by atoms with Gasteiger partial charge in [-0.05, 0) is 80.0 Å². The fraction of sp³-hybridized carbons (Fsp3) is 0.346. The first-order valence-electron chi connectivity index (χ1n) is 11.3. The lowest BCUT2D eigenvalue weighted by atomic mass is 9.99. The zero-order valence-electron chi connectivity index (χ0n) is 18.7. The lowest BCUT2D eigenvalue weighted by molar-refractivity contribution is -0.121. The Morgan fingerprint density at radius 3 is 2.58 bits per heavy atom. The number of carbonyl (C=O) groups excluding carboxylic acids is 1. The molecule has 33 heavy (non-hydrogen) atoms. The smallest absolute Gasteiger partial charge is 0.254 e. The van der Waals surface area contributed by atoms with Crippen LogP contribution in [0.25, 0.3) is 11.4 Å². The normalized spacial score (nSPS) is 15.4. The molecule has 0 saturated heterocycles. The number of fused-ring (bicyclic) bond motifs is 1. The molecule has 0 bridgehead atoms. The first-order chi connectivity index (χ1) is 16.0. The molecule has 1 aromatic heterocycles. The van der Waals surface area contributed by atoms with E-state index in [1.54, 1.807) is 19.2 Å². The van der Waals surface area contributed by atoms with Crippen molar-refractivity contribution in [1.82, 2.24) is 15.3 Å². The van der Waals surface area contributed by atoms with Gasteiger partial charge in [-0.1, -0.05) is 12.1 Å². The standard InChI is InChI=1S/C26H28FN3O3/c1-33-21-11-2-17(3-12-21)6-15-24(31)28-16-18-4-13-22-23(14-5-18)29-25(30-26(22)32)19-7-9-20(27)10-8-19/h2-3,7-12,18H,4-6,13-16H2,1H3,(H,28,31)(H,29,30,32). The number of amides is 1. The van der Waals surface area contributed by atoms with E-state index < -0.39 is 0 Å². The molecular weight excluding hydrogens is 421 g/mol. The van der Waals surface area contributed by atoms with Crippen molar-refractivity contribution in [1.29, 1.82) is 0 Å². The zero-order valence-corrected chi connectivity index (χ0v) is 18.7. The predicted octanol–water partition coefficient (Wildman–Crippen LogP) is 3.83. The van der Waals surface area contributed by atoms with Crippen molar-refractivity contribution in [3.63, 3.8) is 0 Å². The van der Waals surface area contributed by atoms with Crippen LogP contribution in [-0.2, 0) is 24.1 Å². The third-order valence-corrected chi connectivity index (χ3v) is 6.20. The van der Waals surface area contributed by atoms with E-state index in [0.29, 0.717) is 49.2 Å². The number of ether oxygens (including phenoxy) is 1. The van der Waals surface area contributed by atoms with Crippen molar-refractivity contribution >= 4 is 5.91 Å². The number of methoxy groups -OCH3 is 1. The lowest BCUT2D eigenvalue weighted by Gasteiger charge is -2.14. The number of nitrogens with one attached hydrogen (secondary N) is 2. The van der Waals surface area contributed by atoms with E-state index >= 15 is 0 Å². The zero-order chi connectivity index (χ0) is 23.2. The number of rotatable bonds is 7. The number of hydrogen-bond donors (Lipinski definition) is 2. The summed E-state index contributed by atoms with van der Waals surface area (Å²) in [6, 6.07) is 13.7. The third kappa shape index (κ3) is 5.86. The van der Waals surface area contributed by atoms with Gasteiger partial charge in [-0.25, -0.2) is 9.37 Å². The Kier molecular flexibility index (Phi) is 7.17. The molecule has 2 aromatic carbocycles. The van der Waals surface area contributed by atoms with Crippen molar-refractivity contribution in [3.05, 3.63) is 81.5 Å². The number of hydrogen-bond acceptors (Lipinski definition) is 4. The molecule has 1 aliphatic carbocycles. The molecule has 0 spiro atoms. The monoisotopic (exact) mass is 449 g/mol. The van der Waals surface area contributed by atoms with Gasteiger partial charge in [0.1, 0.15) is 17.4 Å². The minimum absolute atomic E-state index is 0.0298. The second-order valence-electron chi connectivity index (χ2n) is 8.44. The Morgan fingerprint density at radius 1 is 1.12 bits per heavy atom. The molecule has 1 heterocycles. The molecule has 1 aliphatic rings. The Morgan fingerprint density at radius 2 is 1.85 bits per heavy atom. The van der Waals surface area contributed by atoms with E-state index in [0.717, 1.165) is 29.8 Å². The second-order valence-corrected chi connectivity index (χ2v) is 8.44. The van der Waals surface area contributed by atoms with Crippen LogP contribution in [0.4, 0.5) is 4.39 Å². The Hall–Kier alpha value is -3.48. The van der Waals surface area contributed by atoms with Crippen molar-refractivity contribution in [2.24, 2.45) is 5.92 Å². The fourth-order valence-electron chi connectivity index (χ4n) is 4.19. The Balaban J connectivity index is 1.31. The van der Waals surface area contributed by atoms with E-state index in [9.17, 15) is 14.0 Å². The van der Waals surface area contributed by atoms with Gasteiger partial charge in [0.25, 0.3) is 5.56 Å². The van der Waals surface area contributed by atoms with Gasteiger partial charge in [0, 0.05) is 24.1 Å². The maximum absolute atomic E-state index is 13.2. The summed E-state index contributed by atoms with van der Waals surface area (Å²) in [4.78, 5) is 32.5. The number of aromatic nitrogens is 2. The molecule has 1 atom stereocenters. The molecule has 1 amide bonds. The number of nitrogens with zero attached hydrogens (tertiary/aromatic N) is 1. The molecule has 6 nitrogen and oxygen atoms in total. The van der Waals surface area contributed by atoms with Crippen LogP contribution >= 0.6 is 0 Å². The van der Waals surface area contributed by atoms with Gasteiger partial charge < -0.3 is 15.0 Å². The molecule has 3 aromatic rings. The van der Waals surface area contributed by atoms with E-state index in [-0.39, 0.29) is 23.2 Å². The molecule has 0 radical (unpaired) electrons. The van der Waals surface area contributed by atoms with Crippen LogP contribution in [0.15, 0.2) is 53.3 Å². The maximum atomic E-state index is 13.2. The van der Waals surface area contributed by atoms with Crippen molar-refractivity contribution in [2.75, 3.05) is 13.7 Å². The average Bonchev–Trinajstić information content (AvgIpc) is 3.05. The van der Waals surface area contributed by atoms with E-state index in [1.807, 2.05) is 24.3 Å². The summed E-state index contributed by atoms with van der Waals surface area (Å²) in [5.74, 6) is 1.25. The number of halogens is 1. The summed E-state index contributed by atoms with van der Waals surface area (Å²) >= 11 is 0. The quantitative estimate of drug-likeness (QED) is 0.537. The maximum Gasteiger partial charge on any atom is 0.254 e.